The van der Waals surface area contributed by atoms with Gasteiger partial charge in [0.1, 0.15) is 0 Å². The summed E-state index contributed by atoms with van der Waals surface area (Å²) < 4.78 is 14.3. The summed E-state index contributed by atoms with van der Waals surface area (Å²) in [6, 6.07) is 7.53. The van der Waals surface area contributed by atoms with E-state index < -0.39 is 5.95 Å². The van der Waals surface area contributed by atoms with Crippen molar-refractivity contribution in [3.05, 3.63) is 72.6 Å². The van der Waals surface area contributed by atoms with Crippen molar-refractivity contribution in [2.75, 3.05) is 0 Å². The molecule has 0 unspecified atom stereocenters. The molecule has 0 aliphatic rings. The molecule has 3 aromatic rings. The van der Waals surface area contributed by atoms with Crippen molar-refractivity contribution < 1.29 is 4.39 Å². The van der Waals surface area contributed by atoms with Crippen LogP contribution in [0.15, 0.2) is 36.5 Å². The predicted molar refractivity (Wildman–Crippen MR) is 105 cm³/mol. The molecule has 0 bridgehead atoms. The lowest BCUT2D eigenvalue weighted by Gasteiger charge is -2.12. The minimum absolute atomic E-state index is 0.103. The van der Waals surface area contributed by atoms with Crippen LogP contribution in [-0.4, -0.2) is 4.98 Å². The smallest absolute Gasteiger partial charge is 0.220 e. The Labute approximate surface area is 173 Å². The quantitative estimate of drug-likeness (QED) is 0.353. The van der Waals surface area contributed by atoms with E-state index in [0.29, 0.717) is 31.2 Å². The summed E-state index contributed by atoms with van der Waals surface area (Å²) >= 11 is 36.7. The monoisotopic (exact) mass is 453 g/mol. The van der Waals surface area contributed by atoms with Gasteiger partial charge >= 0.3 is 0 Å². The van der Waals surface area contributed by atoms with Crippen LogP contribution in [0.5, 0.6) is 0 Å². The van der Waals surface area contributed by atoms with Gasteiger partial charge < -0.3 is 0 Å². The van der Waals surface area contributed by atoms with Crippen molar-refractivity contribution in [1.82, 2.24) is 4.98 Å². The van der Waals surface area contributed by atoms with Crippen LogP contribution in [0, 0.1) is 5.95 Å². The van der Waals surface area contributed by atoms with Crippen molar-refractivity contribution in [1.29, 1.82) is 0 Å². The fraction of sp³-hybridized carbons (Fsp3) is 0. The summed E-state index contributed by atoms with van der Waals surface area (Å²) in [6.07, 6.45) is 1.32. The van der Waals surface area contributed by atoms with Gasteiger partial charge in [-0.1, -0.05) is 69.6 Å². The van der Waals surface area contributed by atoms with E-state index in [0.717, 1.165) is 0 Å². The van der Waals surface area contributed by atoms with Crippen LogP contribution in [0.4, 0.5) is 4.39 Å². The number of halogens is 7. The van der Waals surface area contributed by atoms with Gasteiger partial charge in [0.2, 0.25) is 5.95 Å². The average Bonchev–Trinajstić information content (AvgIpc) is 2.48. The Morgan fingerprint density at radius 2 is 1.08 bits per heavy atom. The molecule has 2 aromatic carbocycles. The standard InChI is InChI=1S/C17H6Cl6FN/c18-8-2-11(20)15(12(21)3-8)7-1-10(17(24)25-6-7)16-13(22)4-9(19)5-14(16)23/h1-6H. The first kappa shape index (κ1) is 19.0. The zero-order valence-electron chi connectivity index (χ0n) is 12.1. The first-order valence-corrected chi connectivity index (χ1v) is 9.00. The molecule has 1 nitrogen and oxygen atoms in total. The number of pyridine rings is 1. The van der Waals surface area contributed by atoms with E-state index >= 15 is 0 Å². The molecule has 0 aliphatic heterocycles. The van der Waals surface area contributed by atoms with Crippen LogP contribution in [0.3, 0.4) is 0 Å². The molecule has 0 fully saturated rings. The van der Waals surface area contributed by atoms with Crippen LogP contribution >= 0.6 is 69.6 Å². The highest BCUT2D eigenvalue weighted by Crippen LogP contribution is 2.42. The van der Waals surface area contributed by atoms with Crippen molar-refractivity contribution in [3.63, 3.8) is 0 Å². The number of rotatable bonds is 2. The Balaban J connectivity index is 2.25. The lowest BCUT2D eigenvalue weighted by Crippen LogP contribution is -1.94. The van der Waals surface area contributed by atoms with Gasteiger partial charge in [-0.15, -0.1) is 0 Å². The summed E-state index contributed by atoms with van der Waals surface area (Å²) in [5.74, 6) is -0.740. The van der Waals surface area contributed by atoms with Gasteiger partial charge in [-0.05, 0) is 30.3 Å². The first-order valence-electron chi connectivity index (χ1n) is 6.73. The molecule has 1 aromatic heterocycles. The number of nitrogens with zero attached hydrogens (tertiary/aromatic N) is 1. The lowest BCUT2D eigenvalue weighted by molar-refractivity contribution is 0.588. The third kappa shape index (κ3) is 3.85. The minimum Gasteiger partial charge on any atom is -0.227 e. The Morgan fingerprint density at radius 1 is 0.640 bits per heavy atom. The first-order chi connectivity index (χ1) is 11.8. The van der Waals surface area contributed by atoms with Crippen LogP contribution in [0.1, 0.15) is 0 Å². The van der Waals surface area contributed by atoms with Gasteiger partial charge in [-0.2, -0.15) is 4.39 Å². The molecule has 0 spiro atoms. The normalized spacial score (nSPS) is 11.0. The van der Waals surface area contributed by atoms with Crippen molar-refractivity contribution in [3.8, 4) is 22.3 Å². The number of aromatic nitrogens is 1. The summed E-state index contributed by atoms with van der Waals surface area (Å²) in [5.41, 5.74) is 1.35. The van der Waals surface area contributed by atoms with Gasteiger partial charge in [-0.25, -0.2) is 4.98 Å². The van der Waals surface area contributed by atoms with Gasteiger partial charge in [0.05, 0.1) is 20.1 Å². The Hall–Kier alpha value is -0.740. The van der Waals surface area contributed by atoms with E-state index in [2.05, 4.69) is 4.98 Å². The SMILES string of the molecule is Fc1ncc(-c2c(Cl)cc(Cl)cc2Cl)cc1-c1c(Cl)cc(Cl)cc1Cl. The molecule has 0 aliphatic carbocycles. The Bertz CT molecular complexity index is 943. The molecule has 0 N–H and O–H groups in total. The van der Waals surface area contributed by atoms with Gasteiger partial charge in [0.15, 0.2) is 0 Å². The van der Waals surface area contributed by atoms with E-state index in [1.165, 1.54) is 36.5 Å². The van der Waals surface area contributed by atoms with Crippen molar-refractivity contribution >= 4 is 69.6 Å². The number of hydrogen-bond donors (Lipinski definition) is 0. The molecule has 0 amide bonds. The second kappa shape index (κ2) is 7.48. The van der Waals surface area contributed by atoms with Crippen LogP contribution in [0.2, 0.25) is 30.1 Å². The summed E-state index contributed by atoms with van der Waals surface area (Å²) in [4.78, 5) is 3.77. The maximum Gasteiger partial charge on any atom is 0.220 e. The Kier molecular flexibility index (Phi) is 5.69. The van der Waals surface area contributed by atoms with Crippen molar-refractivity contribution in [2.24, 2.45) is 0 Å². The van der Waals surface area contributed by atoms with E-state index in [1.807, 2.05) is 0 Å². The molecule has 25 heavy (non-hydrogen) atoms. The molecule has 1 heterocycles. The van der Waals surface area contributed by atoms with Crippen LogP contribution in [0.25, 0.3) is 22.3 Å². The average molecular weight is 456 g/mol. The molecule has 3 rings (SSSR count). The highest BCUT2D eigenvalue weighted by Gasteiger charge is 2.18. The zero-order valence-corrected chi connectivity index (χ0v) is 16.6. The van der Waals surface area contributed by atoms with Gasteiger partial charge in [0.25, 0.3) is 0 Å². The summed E-state index contributed by atoms with van der Waals surface area (Å²) in [5, 5.41) is 1.74. The number of benzene rings is 2. The lowest BCUT2D eigenvalue weighted by atomic mass is 10.0. The van der Waals surface area contributed by atoms with Gasteiger partial charge in [0, 0.05) is 38.5 Å². The third-order valence-corrected chi connectivity index (χ3v) is 5.04. The molecule has 128 valence electrons. The Morgan fingerprint density at radius 3 is 1.56 bits per heavy atom. The zero-order chi connectivity index (χ0) is 18.3. The minimum atomic E-state index is -0.740. The van der Waals surface area contributed by atoms with Crippen LogP contribution < -0.4 is 0 Å². The summed E-state index contributed by atoms with van der Waals surface area (Å²) in [6.45, 7) is 0. The molecule has 0 saturated carbocycles. The number of hydrogen-bond acceptors (Lipinski definition) is 1. The van der Waals surface area contributed by atoms with Crippen molar-refractivity contribution in [2.45, 2.75) is 0 Å². The molecule has 0 radical (unpaired) electrons. The molecule has 8 heteroatoms. The van der Waals surface area contributed by atoms with E-state index in [4.69, 9.17) is 69.6 Å². The van der Waals surface area contributed by atoms with E-state index in [-0.39, 0.29) is 21.2 Å². The summed E-state index contributed by atoms with van der Waals surface area (Å²) in [7, 11) is 0. The highest BCUT2D eigenvalue weighted by molar-refractivity contribution is 6.43. The third-order valence-electron chi connectivity index (χ3n) is 3.41. The maximum absolute atomic E-state index is 14.3. The van der Waals surface area contributed by atoms with E-state index in [1.54, 1.807) is 0 Å². The second-order valence-electron chi connectivity index (χ2n) is 5.05. The van der Waals surface area contributed by atoms with Crippen LogP contribution in [-0.2, 0) is 0 Å². The molecular weight excluding hydrogens is 450 g/mol. The molecule has 0 atom stereocenters. The highest BCUT2D eigenvalue weighted by atomic mass is 35.5. The predicted octanol–water partition coefficient (Wildman–Crippen LogP) is 8.48. The molecular formula is C17H6Cl6FN. The van der Waals surface area contributed by atoms with Gasteiger partial charge in [-0.3, -0.25) is 0 Å². The largest absolute Gasteiger partial charge is 0.227 e. The fourth-order valence-electron chi connectivity index (χ4n) is 2.38. The fourth-order valence-corrected chi connectivity index (χ4v) is 4.43. The topological polar surface area (TPSA) is 12.9 Å². The maximum atomic E-state index is 14.3. The van der Waals surface area contributed by atoms with E-state index in [9.17, 15) is 4.39 Å². The molecule has 0 saturated heterocycles. The second-order valence-corrected chi connectivity index (χ2v) is 7.55.